The minimum absolute atomic E-state index is 0.00501. The smallest absolute Gasteiger partial charge is 0.255 e. The van der Waals surface area contributed by atoms with Crippen molar-refractivity contribution in [2.75, 3.05) is 19.8 Å². The van der Waals surface area contributed by atoms with Gasteiger partial charge in [0.05, 0.1) is 14.5 Å². The Kier molecular flexibility index (Phi) is 5.73. The molecule has 0 bridgehead atoms. The molecule has 2 saturated heterocycles. The van der Waals surface area contributed by atoms with Crippen LogP contribution in [-0.4, -0.2) is 53.3 Å². The third-order valence-corrected chi connectivity index (χ3v) is 6.44. The van der Waals surface area contributed by atoms with Crippen LogP contribution in [0.15, 0.2) is 54.7 Å². The summed E-state index contributed by atoms with van der Waals surface area (Å²) in [7, 11) is 0. The summed E-state index contributed by atoms with van der Waals surface area (Å²) < 4.78 is 19.5. The Morgan fingerprint density at radius 2 is 1.97 bits per heavy atom. The second-order valence-electron chi connectivity index (χ2n) is 8.75. The van der Waals surface area contributed by atoms with Gasteiger partial charge in [-0.1, -0.05) is 36.9 Å². The monoisotopic (exact) mass is 462 g/mol. The van der Waals surface area contributed by atoms with E-state index in [0.29, 0.717) is 61.7 Å². The Morgan fingerprint density at radius 3 is 2.74 bits per heavy atom. The minimum atomic E-state index is -0.585. The number of nitrogens with one attached hydrogen (secondary N) is 1. The Labute approximate surface area is 199 Å². The van der Waals surface area contributed by atoms with Gasteiger partial charge < -0.3 is 24.6 Å². The number of carbonyl (C=O) groups excluding carboxylic acids is 3. The average molecular weight is 463 g/mol. The fraction of sp³-hybridized carbons (Fsp3) is 0.346. The van der Waals surface area contributed by atoms with Gasteiger partial charge in [0.15, 0.2) is 0 Å². The van der Waals surface area contributed by atoms with Crippen LogP contribution in [0.5, 0.6) is 5.75 Å². The first kappa shape index (κ1) is 20.9. The van der Waals surface area contributed by atoms with Crippen LogP contribution >= 0.6 is 0 Å². The molecule has 2 fully saturated rings. The number of amides is 3. The van der Waals surface area contributed by atoms with E-state index in [1.165, 1.54) is 4.90 Å². The molecule has 3 amide bonds. The summed E-state index contributed by atoms with van der Waals surface area (Å²) in [5, 5.41) is 2.73. The molecule has 2 aromatic carbocycles. The average Bonchev–Trinajstić information content (AvgIpc) is 3.19. The second kappa shape index (κ2) is 9.30. The van der Waals surface area contributed by atoms with Gasteiger partial charge in [-0.2, -0.15) is 0 Å². The molecule has 3 aliphatic heterocycles. The summed E-state index contributed by atoms with van der Waals surface area (Å²) in [6, 6.07) is 10.7. The number of carbonyl (C=O) groups is 3. The molecule has 0 aliphatic carbocycles. The van der Waals surface area contributed by atoms with E-state index in [-0.39, 0.29) is 36.9 Å². The van der Waals surface area contributed by atoms with Crippen molar-refractivity contribution < 1.29 is 25.2 Å². The summed E-state index contributed by atoms with van der Waals surface area (Å²) in [5.74, 6) is -0.0227. The van der Waals surface area contributed by atoms with Gasteiger partial charge in [0.1, 0.15) is 25.0 Å². The standard InChI is InChI=1S/C26H27N3O5/c1-17-5-10-22(25(31)27-17)29-14-21-20(26(29)32)3-2-4-23(21)34-15-19-8-6-18(7-9-19)13-28-11-12-33-16-24(28)30/h2-4,6-9,22H,1,5,10-16H2,(H,27,31)/i3D. The van der Waals surface area contributed by atoms with Crippen LogP contribution in [0.4, 0.5) is 0 Å². The Balaban J connectivity index is 1.26. The summed E-state index contributed by atoms with van der Waals surface area (Å²) in [5.41, 5.74) is 3.56. The molecular formula is C26H27N3O5. The molecule has 1 atom stereocenters. The van der Waals surface area contributed by atoms with E-state index in [1.807, 2.05) is 24.3 Å². The Bertz CT molecular complexity index is 1200. The van der Waals surface area contributed by atoms with Crippen LogP contribution in [0.3, 0.4) is 0 Å². The third kappa shape index (κ3) is 4.41. The Hall–Kier alpha value is -3.65. The van der Waals surface area contributed by atoms with Gasteiger partial charge in [0.2, 0.25) is 11.8 Å². The summed E-state index contributed by atoms with van der Waals surface area (Å²) in [6.07, 6.45) is 1.12. The zero-order valence-electron chi connectivity index (χ0n) is 19.8. The van der Waals surface area contributed by atoms with E-state index in [0.717, 1.165) is 11.1 Å². The van der Waals surface area contributed by atoms with Crippen LogP contribution in [-0.2, 0) is 34.0 Å². The van der Waals surface area contributed by atoms with E-state index < -0.39 is 6.04 Å². The molecule has 8 heteroatoms. The van der Waals surface area contributed by atoms with Crippen LogP contribution in [0.2, 0.25) is 0 Å². The van der Waals surface area contributed by atoms with E-state index in [1.54, 1.807) is 17.0 Å². The van der Waals surface area contributed by atoms with Gasteiger partial charge in [-0.25, -0.2) is 0 Å². The van der Waals surface area contributed by atoms with Crippen LogP contribution in [0, 0.1) is 0 Å². The fourth-order valence-electron chi connectivity index (χ4n) is 4.53. The number of allylic oxidation sites excluding steroid dienone is 1. The maximum atomic E-state index is 13.1. The lowest BCUT2D eigenvalue weighted by atomic mass is 10.0. The molecule has 5 rings (SSSR count). The van der Waals surface area contributed by atoms with Gasteiger partial charge in [0.25, 0.3) is 5.91 Å². The number of piperidine rings is 1. The van der Waals surface area contributed by atoms with Gasteiger partial charge in [0, 0.05) is 29.9 Å². The summed E-state index contributed by atoms with van der Waals surface area (Å²) in [6.45, 7) is 6.14. The number of benzene rings is 2. The number of hydrogen-bond donors (Lipinski definition) is 1. The molecule has 0 saturated carbocycles. The lowest BCUT2D eigenvalue weighted by Gasteiger charge is -2.31. The highest BCUT2D eigenvalue weighted by Gasteiger charge is 2.39. The highest BCUT2D eigenvalue weighted by Crippen LogP contribution is 2.34. The molecule has 3 aliphatic rings. The minimum Gasteiger partial charge on any atom is -0.489 e. The number of morpholine rings is 1. The van der Waals surface area contributed by atoms with Crippen LogP contribution in [0.25, 0.3) is 0 Å². The largest absolute Gasteiger partial charge is 0.489 e. The summed E-state index contributed by atoms with van der Waals surface area (Å²) >= 11 is 0. The number of ether oxygens (including phenoxy) is 2. The predicted octanol–water partition coefficient (Wildman–Crippen LogP) is 2.37. The van der Waals surface area contributed by atoms with Crippen molar-refractivity contribution >= 4 is 17.7 Å². The molecular weight excluding hydrogens is 434 g/mol. The first-order valence-electron chi connectivity index (χ1n) is 11.9. The topological polar surface area (TPSA) is 88.2 Å². The molecule has 0 spiro atoms. The predicted molar refractivity (Wildman–Crippen MR) is 124 cm³/mol. The van der Waals surface area contributed by atoms with E-state index in [4.69, 9.17) is 10.8 Å². The zero-order chi connectivity index (χ0) is 24.5. The van der Waals surface area contributed by atoms with E-state index in [2.05, 4.69) is 11.9 Å². The first-order chi connectivity index (χ1) is 16.9. The molecule has 1 N–H and O–H groups in total. The van der Waals surface area contributed by atoms with Gasteiger partial charge in [-0.15, -0.1) is 0 Å². The molecule has 176 valence electrons. The molecule has 8 nitrogen and oxygen atoms in total. The normalized spacial score (nSPS) is 20.8. The number of hydrogen-bond acceptors (Lipinski definition) is 5. The molecule has 0 aromatic heterocycles. The quantitative estimate of drug-likeness (QED) is 0.712. The van der Waals surface area contributed by atoms with Crippen molar-refractivity contribution in [3.8, 4) is 5.75 Å². The SMILES string of the molecule is [2H]c1ccc(OCc2ccc(CN3CCOCC3=O)cc2)c2c1C(=O)N(C1CCC(=C)NC1=O)C2. The Morgan fingerprint density at radius 1 is 1.18 bits per heavy atom. The van der Waals surface area contributed by atoms with Crippen molar-refractivity contribution in [3.05, 3.63) is 77.0 Å². The highest BCUT2D eigenvalue weighted by atomic mass is 16.5. The summed E-state index contributed by atoms with van der Waals surface area (Å²) in [4.78, 5) is 40.8. The van der Waals surface area contributed by atoms with Crippen molar-refractivity contribution in [1.82, 2.24) is 15.1 Å². The molecule has 34 heavy (non-hydrogen) atoms. The maximum Gasteiger partial charge on any atom is 0.255 e. The van der Waals surface area contributed by atoms with Gasteiger partial charge in [-0.05, 0) is 36.1 Å². The lowest BCUT2D eigenvalue weighted by Crippen LogP contribution is -2.49. The van der Waals surface area contributed by atoms with Gasteiger partial charge in [-0.3, -0.25) is 14.4 Å². The maximum absolute atomic E-state index is 13.1. The van der Waals surface area contributed by atoms with Crippen LogP contribution < -0.4 is 10.1 Å². The molecule has 1 unspecified atom stereocenters. The second-order valence-corrected chi connectivity index (χ2v) is 8.75. The lowest BCUT2D eigenvalue weighted by molar-refractivity contribution is -0.143. The highest BCUT2D eigenvalue weighted by molar-refractivity contribution is 6.02. The van der Waals surface area contributed by atoms with Crippen molar-refractivity contribution in [2.45, 2.75) is 38.6 Å². The van der Waals surface area contributed by atoms with Crippen molar-refractivity contribution in [2.24, 2.45) is 0 Å². The molecule has 3 heterocycles. The van der Waals surface area contributed by atoms with Crippen molar-refractivity contribution in [1.29, 1.82) is 0 Å². The van der Waals surface area contributed by atoms with E-state index >= 15 is 0 Å². The van der Waals surface area contributed by atoms with E-state index in [9.17, 15) is 14.4 Å². The third-order valence-electron chi connectivity index (χ3n) is 6.44. The number of nitrogens with zero attached hydrogens (tertiary/aromatic N) is 2. The number of rotatable bonds is 6. The number of fused-ring (bicyclic) bond motifs is 1. The zero-order valence-corrected chi connectivity index (χ0v) is 18.8. The fourth-order valence-corrected chi connectivity index (χ4v) is 4.53. The molecule has 2 aromatic rings. The van der Waals surface area contributed by atoms with Crippen molar-refractivity contribution in [3.63, 3.8) is 0 Å². The molecule has 0 radical (unpaired) electrons. The van der Waals surface area contributed by atoms with Crippen LogP contribution in [0.1, 0.15) is 41.3 Å². The first-order valence-corrected chi connectivity index (χ1v) is 11.4. The van der Waals surface area contributed by atoms with Gasteiger partial charge >= 0.3 is 0 Å².